The lowest BCUT2D eigenvalue weighted by molar-refractivity contribution is 0.100. The van der Waals surface area contributed by atoms with Crippen molar-refractivity contribution in [2.24, 2.45) is 12.8 Å². The Kier molecular flexibility index (Phi) is 4.19. The first-order chi connectivity index (χ1) is 13.8. The molecule has 2 aromatic heterocycles. The molecule has 8 nitrogen and oxygen atoms in total. The zero-order valence-corrected chi connectivity index (χ0v) is 16.3. The van der Waals surface area contributed by atoms with Crippen LogP contribution >= 0.6 is 0 Å². The summed E-state index contributed by atoms with van der Waals surface area (Å²) in [4.78, 5) is 21.3. The van der Waals surface area contributed by atoms with Gasteiger partial charge in [0.1, 0.15) is 5.75 Å². The van der Waals surface area contributed by atoms with E-state index in [4.69, 9.17) is 11.5 Å². The number of phenols is 1. The lowest BCUT2D eigenvalue weighted by atomic mass is 9.91. The minimum Gasteiger partial charge on any atom is -0.508 e. The summed E-state index contributed by atoms with van der Waals surface area (Å²) in [6.45, 7) is 3.69. The monoisotopic (exact) mass is 388 g/mol. The molecule has 0 unspecified atom stereocenters. The topological polar surface area (TPSA) is 133 Å². The van der Waals surface area contributed by atoms with Crippen LogP contribution in [0.1, 0.15) is 21.5 Å². The van der Waals surface area contributed by atoms with E-state index in [2.05, 4.69) is 15.1 Å². The molecule has 146 valence electrons. The maximum absolute atomic E-state index is 12.1. The Hall–Kier alpha value is -3.94. The molecule has 8 heteroatoms. The number of hydrogen-bond acceptors (Lipinski definition) is 6. The molecule has 4 rings (SSSR count). The Morgan fingerprint density at radius 2 is 1.93 bits per heavy atom. The van der Waals surface area contributed by atoms with Crippen LogP contribution in [-0.2, 0) is 7.05 Å². The van der Waals surface area contributed by atoms with E-state index in [0.717, 1.165) is 11.1 Å². The fourth-order valence-electron chi connectivity index (χ4n) is 3.54. The summed E-state index contributed by atoms with van der Waals surface area (Å²) in [6.07, 6.45) is 5.15. The number of aromatic nitrogens is 4. The number of rotatable bonds is 3. The zero-order valence-electron chi connectivity index (χ0n) is 16.3. The molecule has 0 bridgehead atoms. The van der Waals surface area contributed by atoms with Gasteiger partial charge in [0, 0.05) is 24.4 Å². The second kappa shape index (κ2) is 6.59. The molecule has 0 atom stereocenters. The van der Waals surface area contributed by atoms with Crippen molar-refractivity contribution in [1.82, 2.24) is 19.7 Å². The maximum Gasteiger partial charge on any atom is 0.250 e. The SMILES string of the molecule is Cc1ccc(O)c(C)c1-c1c(N)c(C(N)=O)cc2nc(-c3cnn(C)c3)cnc12. The van der Waals surface area contributed by atoms with E-state index in [1.54, 1.807) is 42.2 Å². The molecular weight excluding hydrogens is 368 g/mol. The molecule has 0 fully saturated rings. The number of hydrogen-bond donors (Lipinski definition) is 3. The van der Waals surface area contributed by atoms with Crippen molar-refractivity contribution in [3.05, 3.63) is 53.5 Å². The Bertz CT molecular complexity index is 1290. The lowest BCUT2D eigenvalue weighted by Crippen LogP contribution is -2.15. The van der Waals surface area contributed by atoms with Crippen molar-refractivity contribution in [2.75, 3.05) is 5.73 Å². The van der Waals surface area contributed by atoms with Crippen LogP contribution in [0.25, 0.3) is 33.4 Å². The summed E-state index contributed by atoms with van der Waals surface area (Å²) in [7, 11) is 1.81. The number of carbonyl (C=O) groups excluding carboxylic acids is 1. The highest BCUT2D eigenvalue weighted by molar-refractivity contribution is 6.10. The second-order valence-electron chi connectivity index (χ2n) is 7.00. The molecule has 29 heavy (non-hydrogen) atoms. The van der Waals surface area contributed by atoms with Gasteiger partial charge in [-0.2, -0.15) is 5.10 Å². The number of benzene rings is 2. The fraction of sp³-hybridized carbons (Fsp3) is 0.143. The fourth-order valence-corrected chi connectivity index (χ4v) is 3.54. The second-order valence-corrected chi connectivity index (χ2v) is 7.00. The van der Waals surface area contributed by atoms with Gasteiger partial charge in [0.15, 0.2) is 0 Å². The summed E-state index contributed by atoms with van der Waals surface area (Å²) in [5.74, 6) is -0.530. The standard InChI is InChI=1S/C21H20N6O2/c1-10-4-5-16(28)11(2)17(10)18-19(22)13(21(23)29)6-14-20(18)24-8-15(26-14)12-7-25-27(3)9-12/h4-9,28H,22H2,1-3H3,(H2,23,29). The highest BCUT2D eigenvalue weighted by Gasteiger charge is 2.22. The molecule has 2 heterocycles. The molecule has 0 aliphatic heterocycles. The summed E-state index contributed by atoms with van der Waals surface area (Å²) in [6, 6.07) is 4.96. The van der Waals surface area contributed by atoms with Gasteiger partial charge in [-0.3, -0.25) is 14.5 Å². The van der Waals surface area contributed by atoms with E-state index in [9.17, 15) is 9.90 Å². The van der Waals surface area contributed by atoms with Crippen molar-refractivity contribution in [2.45, 2.75) is 13.8 Å². The molecule has 0 saturated heterocycles. The van der Waals surface area contributed by atoms with Gasteiger partial charge in [-0.1, -0.05) is 6.07 Å². The van der Waals surface area contributed by atoms with Gasteiger partial charge in [-0.15, -0.1) is 0 Å². The molecule has 1 amide bonds. The zero-order chi connectivity index (χ0) is 20.9. The van der Waals surface area contributed by atoms with Crippen molar-refractivity contribution in [3.63, 3.8) is 0 Å². The van der Waals surface area contributed by atoms with Crippen molar-refractivity contribution >= 4 is 22.6 Å². The Morgan fingerprint density at radius 3 is 2.59 bits per heavy atom. The molecule has 0 radical (unpaired) electrons. The van der Waals surface area contributed by atoms with Gasteiger partial charge in [0.2, 0.25) is 0 Å². The van der Waals surface area contributed by atoms with Crippen LogP contribution < -0.4 is 11.5 Å². The average Bonchev–Trinajstić information content (AvgIpc) is 3.12. The van der Waals surface area contributed by atoms with Gasteiger partial charge in [-0.05, 0) is 42.7 Å². The molecular formula is C21H20N6O2. The number of nitrogen functional groups attached to an aromatic ring is 1. The van der Waals surface area contributed by atoms with Crippen LogP contribution in [0.2, 0.25) is 0 Å². The van der Waals surface area contributed by atoms with Crippen LogP contribution in [0.5, 0.6) is 5.75 Å². The number of fused-ring (bicyclic) bond motifs is 1. The Balaban J connectivity index is 2.10. The lowest BCUT2D eigenvalue weighted by Gasteiger charge is -2.17. The molecule has 0 aliphatic carbocycles. The first-order valence-electron chi connectivity index (χ1n) is 8.95. The van der Waals surface area contributed by atoms with Crippen LogP contribution in [-0.4, -0.2) is 30.8 Å². The predicted octanol–water partition coefficient (Wildman–Crippen LogP) is 2.70. The summed E-state index contributed by atoms with van der Waals surface area (Å²) in [5, 5.41) is 14.4. The normalized spacial score (nSPS) is 11.1. The number of aryl methyl sites for hydroxylation is 2. The summed E-state index contributed by atoms with van der Waals surface area (Å²) >= 11 is 0. The molecule has 5 N–H and O–H groups in total. The number of nitrogens with two attached hydrogens (primary N) is 2. The number of amides is 1. The first kappa shape index (κ1) is 18.4. The maximum atomic E-state index is 12.1. The molecule has 4 aromatic rings. The van der Waals surface area contributed by atoms with E-state index in [1.165, 1.54) is 0 Å². The largest absolute Gasteiger partial charge is 0.508 e. The van der Waals surface area contributed by atoms with E-state index in [0.29, 0.717) is 33.4 Å². The smallest absolute Gasteiger partial charge is 0.250 e. The van der Waals surface area contributed by atoms with Crippen molar-refractivity contribution < 1.29 is 9.90 Å². The quantitative estimate of drug-likeness (QED) is 0.462. The molecule has 0 aliphatic rings. The van der Waals surface area contributed by atoms with Gasteiger partial charge in [-0.25, -0.2) is 4.98 Å². The van der Waals surface area contributed by atoms with Crippen molar-refractivity contribution in [3.8, 4) is 28.1 Å². The van der Waals surface area contributed by atoms with E-state index in [-0.39, 0.29) is 17.0 Å². The Labute approximate surface area is 166 Å². The minimum atomic E-state index is -0.658. The third-order valence-electron chi connectivity index (χ3n) is 5.04. The third-order valence-corrected chi connectivity index (χ3v) is 5.04. The highest BCUT2D eigenvalue weighted by atomic mass is 16.3. The predicted molar refractivity (Wildman–Crippen MR) is 111 cm³/mol. The van der Waals surface area contributed by atoms with Gasteiger partial charge in [0.25, 0.3) is 5.91 Å². The Morgan fingerprint density at radius 1 is 1.17 bits per heavy atom. The summed E-state index contributed by atoms with van der Waals surface area (Å²) < 4.78 is 1.67. The molecule has 0 saturated carbocycles. The molecule has 0 spiro atoms. The number of aromatic hydroxyl groups is 1. The van der Waals surface area contributed by atoms with Gasteiger partial charge >= 0.3 is 0 Å². The van der Waals surface area contributed by atoms with Gasteiger partial charge < -0.3 is 16.6 Å². The van der Waals surface area contributed by atoms with Crippen LogP contribution in [0, 0.1) is 13.8 Å². The first-order valence-corrected chi connectivity index (χ1v) is 8.95. The van der Waals surface area contributed by atoms with Crippen LogP contribution in [0.15, 0.2) is 36.8 Å². The van der Waals surface area contributed by atoms with Gasteiger partial charge in [0.05, 0.1) is 40.4 Å². The number of phenolic OH excluding ortho intramolecular Hbond substituents is 1. The average molecular weight is 388 g/mol. The number of primary amides is 1. The van der Waals surface area contributed by atoms with E-state index in [1.807, 2.05) is 20.2 Å². The van der Waals surface area contributed by atoms with Crippen LogP contribution in [0.4, 0.5) is 5.69 Å². The van der Waals surface area contributed by atoms with E-state index >= 15 is 0 Å². The summed E-state index contributed by atoms with van der Waals surface area (Å²) in [5.41, 5.74) is 17.5. The van der Waals surface area contributed by atoms with Crippen molar-refractivity contribution in [1.29, 1.82) is 0 Å². The number of anilines is 1. The van der Waals surface area contributed by atoms with E-state index < -0.39 is 5.91 Å². The molecule has 2 aromatic carbocycles. The minimum absolute atomic E-state index is 0.127. The number of carbonyl (C=O) groups is 1. The highest BCUT2D eigenvalue weighted by Crippen LogP contribution is 2.41. The van der Waals surface area contributed by atoms with Crippen LogP contribution in [0.3, 0.4) is 0 Å². The third kappa shape index (κ3) is 2.94. The number of nitrogens with zero attached hydrogens (tertiary/aromatic N) is 4.